The van der Waals surface area contributed by atoms with Gasteiger partial charge in [0.25, 0.3) is 0 Å². The van der Waals surface area contributed by atoms with Crippen molar-refractivity contribution in [1.82, 2.24) is 0 Å². The zero-order chi connectivity index (χ0) is 10.4. The molecule has 0 spiro atoms. The van der Waals surface area contributed by atoms with Crippen molar-refractivity contribution in [1.29, 1.82) is 0 Å². The van der Waals surface area contributed by atoms with E-state index in [0.717, 1.165) is 6.42 Å². The first-order chi connectivity index (χ1) is 6.58. The Labute approximate surface area is 78.6 Å². The molecule has 0 aromatic heterocycles. The highest BCUT2D eigenvalue weighted by atomic mass is 19.4. The standard InChI is InChI=1S/C7H10F3NO3/c8-7(9,10)5-11-14-4-6-12-2-1-3-13-6/h5-6H,1-4H2. The zero-order valence-electron chi connectivity index (χ0n) is 7.29. The van der Waals surface area contributed by atoms with Gasteiger partial charge in [-0.05, 0) is 6.42 Å². The van der Waals surface area contributed by atoms with Crippen molar-refractivity contribution in [3.63, 3.8) is 0 Å². The molecule has 0 unspecified atom stereocenters. The first kappa shape index (κ1) is 11.3. The molecule has 0 aliphatic carbocycles. The second-order valence-corrected chi connectivity index (χ2v) is 2.60. The molecule has 0 radical (unpaired) electrons. The highest BCUT2D eigenvalue weighted by Crippen LogP contribution is 2.11. The fraction of sp³-hybridized carbons (Fsp3) is 0.857. The lowest BCUT2D eigenvalue weighted by Gasteiger charge is -2.21. The lowest BCUT2D eigenvalue weighted by Crippen LogP contribution is -2.28. The molecule has 1 fully saturated rings. The van der Waals surface area contributed by atoms with E-state index in [1.807, 2.05) is 0 Å². The number of hydrogen-bond donors (Lipinski definition) is 0. The molecular formula is C7H10F3NO3. The van der Waals surface area contributed by atoms with Crippen molar-refractivity contribution in [2.75, 3.05) is 19.8 Å². The topological polar surface area (TPSA) is 40.0 Å². The van der Waals surface area contributed by atoms with Crippen LogP contribution in [0.1, 0.15) is 6.42 Å². The Morgan fingerprint density at radius 3 is 2.57 bits per heavy atom. The zero-order valence-corrected chi connectivity index (χ0v) is 7.29. The molecule has 0 amide bonds. The Hall–Kier alpha value is -0.820. The quantitative estimate of drug-likeness (QED) is 0.524. The summed E-state index contributed by atoms with van der Waals surface area (Å²) >= 11 is 0. The maximum atomic E-state index is 11.5. The summed E-state index contributed by atoms with van der Waals surface area (Å²) in [6, 6.07) is 0. The Bertz CT molecular complexity index is 189. The van der Waals surface area contributed by atoms with Crippen molar-refractivity contribution in [3.8, 4) is 0 Å². The van der Waals surface area contributed by atoms with Gasteiger partial charge in [-0.25, -0.2) is 0 Å². The van der Waals surface area contributed by atoms with Crippen LogP contribution in [0.25, 0.3) is 0 Å². The van der Waals surface area contributed by atoms with E-state index in [0.29, 0.717) is 13.2 Å². The summed E-state index contributed by atoms with van der Waals surface area (Å²) in [5.74, 6) is 0. The summed E-state index contributed by atoms with van der Waals surface area (Å²) in [5, 5.41) is 2.73. The van der Waals surface area contributed by atoms with Crippen LogP contribution in [-0.4, -0.2) is 38.5 Å². The Kier molecular flexibility index (Phi) is 4.15. The van der Waals surface area contributed by atoms with Crippen LogP contribution in [-0.2, 0) is 14.3 Å². The lowest BCUT2D eigenvalue weighted by molar-refractivity contribution is -0.202. The lowest BCUT2D eigenvalue weighted by atomic mass is 10.4. The first-order valence-corrected chi connectivity index (χ1v) is 4.04. The summed E-state index contributed by atoms with van der Waals surface area (Å²) in [6.45, 7) is 0.917. The molecular weight excluding hydrogens is 203 g/mol. The third kappa shape index (κ3) is 5.03. The van der Waals surface area contributed by atoms with E-state index in [-0.39, 0.29) is 12.8 Å². The van der Waals surface area contributed by atoms with Crippen LogP contribution in [0.5, 0.6) is 0 Å². The SMILES string of the molecule is FC(F)(F)C=NOCC1OCCCO1. The summed E-state index contributed by atoms with van der Waals surface area (Å²) in [7, 11) is 0. The summed E-state index contributed by atoms with van der Waals surface area (Å²) in [6.07, 6.45) is -4.51. The predicted octanol–water partition coefficient (Wildman–Crippen LogP) is 1.31. The minimum atomic E-state index is -4.45. The summed E-state index contributed by atoms with van der Waals surface area (Å²) in [5.41, 5.74) is 0. The predicted molar refractivity (Wildman–Crippen MR) is 40.8 cm³/mol. The minimum Gasteiger partial charge on any atom is -0.390 e. The molecule has 82 valence electrons. The van der Waals surface area contributed by atoms with Crippen LogP contribution in [0.3, 0.4) is 0 Å². The maximum Gasteiger partial charge on any atom is 0.429 e. The fourth-order valence-electron chi connectivity index (χ4n) is 0.834. The number of nitrogens with zero attached hydrogens (tertiary/aromatic N) is 1. The number of oxime groups is 1. The molecule has 1 saturated heterocycles. The molecule has 7 heteroatoms. The van der Waals surface area contributed by atoms with Gasteiger partial charge in [0.1, 0.15) is 6.21 Å². The van der Waals surface area contributed by atoms with Gasteiger partial charge < -0.3 is 14.3 Å². The summed E-state index contributed by atoms with van der Waals surface area (Å²) in [4.78, 5) is 4.35. The van der Waals surface area contributed by atoms with Gasteiger partial charge in [-0.3, -0.25) is 0 Å². The number of halogens is 3. The number of alkyl halides is 3. The van der Waals surface area contributed by atoms with E-state index in [2.05, 4.69) is 9.99 Å². The van der Waals surface area contributed by atoms with Crippen molar-refractivity contribution >= 4 is 6.21 Å². The normalized spacial score (nSPS) is 20.2. The number of ether oxygens (including phenoxy) is 2. The van der Waals surface area contributed by atoms with Crippen LogP contribution in [0.2, 0.25) is 0 Å². The number of rotatable bonds is 3. The highest BCUT2D eigenvalue weighted by molar-refractivity contribution is 5.63. The third-order valence-electron chi connectivity index (χ3n) is 1.38. The van der Waals surface area contributed by atoms with Crippen LogP contribution in [0.4, 0.5) is 13.2 Å². The maximum absolute atomic E-state index is 11.5. The van der Waals surface area contributed by atoms with Gasteiger partial charge in [0.2, 0.25) is 0 Å². The Morgan fingerprint density at radius 1 is 1.36 bits per heavy atom. The largest absolute Gasteiger partial charge is 0.429 e. The number of hydrogen-bond acceptors (Lipinski definition) is 4. The second-order valence-electron chi connectivity index (χ2n) is 2.60. The third-order valence-corrected chi connectivity index (χ3v) is 1.38. The second kappa shape index (κ2) is 5.16. The van der Waals surface area contributed by atoms with E-state index in [1.54, 1.807) is 0 Å². The van der Waals surface area contributed by atoms with Crippen molar-refractivity contribution in [2.45, 2.75) is 18.9 Å². The van der Waals surface area contributed by atoms with Crippen molar-refractivity contribution < 1.29 is 27.5 Å². The van der Waals surface area contributed by atoms with Gasteiger partial charge in [0.15, 0.2) is 12.9 Å². The van der Waals surface area contributed by atoms with Crippen LogP contribution in [0, 0.1) is 0 Å². The van der Waals surface area contributed by atoms with Crippen LogP contribution >= 0.6 is 0 Å². The smallest absolute Gasteiger partial charge is 0.390 e. The monoisotopic (exact) mass is 213 g/mol. The van der Waals surface area contributed by atoms with Crippen molar-refractivity contribution in [3.05, 3.63) is 0 Å². The molecule has 0 N–H and O–H groups in total. The first-order valence-electron chi connectivity index (χ1n) is 4.04. The molecule has 0 bridgehead atoms. The molecule has 1 aliphatic heterocycles. The van der Waals surface area contributed by atoms with Crippen molar-refractivity contribution in [2.24, 2.45) is 5.16 Å². The molecule has 0 atom stereocenters. The average Bonchev–Trinajstić information content (AvgIpc) is 2.13. The van der Waals surface area contributed by atoms with Gasteiger partial charge in [-0.1, -0.05) is 5.16 Å². The highest BCUT2D eigenvalue weighted by Gasteiger charge is 2.24. The fourth-order valence-corrected chi connectivity index (χ4v) is 0.834. The molecule has 0 aromatic carbocycles. The molecule has 1 aliphatic rings. The van der Waals surface area contributed by atoms with Crippen LogP contribution < -0.4 is 0 Å². The van der Waals surface area contributed by atoms with Gasteiger partial charge >= 0.3 is 6.18 Å². The van der Waals surface area contributed by atoms with Gasteiger partial charge in [-0.2, -0.15) is 13.2 Å². The van der Waals surface area contributed by atoms with E-state index in [1.165, 1.54) is 0 Å². The van der Waals surface area contributed by atoms with E-state index in [4.69, 9.17) is 9.47 Å². The van der Waals surface area contributed by atoms with Crippen LogP contribution in [0.15, 0.2) is 5.16 Å². The summed E-state index contributed by atoms with van der Waals surface area (Å²) < 4.78 is 44.6. The molecule has 14 heavy (non-hydrogen) atoms. The average molecular weight is 213 g/mol. The van der Waals surface area contributed by atoms with E-state index in [9.17, 15) is 13.2 Å². The molecule has 1 heterocycles. The molecule has 4 nitrogen and oxygen atoms in total. The van der Waals surface area contributed by atoms with E-state index >= 15 is 0 Å². The van der Waals surface area contributed by atoms with E-state index < -0.39 is 12.5 Å². The molecule has 1 rings (SSSR count). The molecule has 0 aromatic rings. The minimum absolute atomic E-state index is 0.132. The molecule has 0 saturated carbocycles. The van der Waals surface area contributed by atoms with Gasteiger partial charge in [0.05, 0.1) is 13.2 Å². The Balaban J connectivity index is 2.11. The Morgan fingerprint density at radius 2 is 2.00 bits per heavy atom. The van der Waals surface area contributed by atoms with Gasteiger partial charge in [-0.15, -0.1) is 0 Å². The van der Waals surface area contributed by atoms with Gasteiger partial charge in [0, 0.05) is 0 Å².